The summed E-state index contributed by atoms with van der Waals surface area (Å²) in [6.45, 7) is 5.24. The highest BCUT2D eigenvalue weighted by molar-refractivity contribution is 5.96. The van der Waals surface area contributed by atoms with Crippen molar-refractivity contribution in [1.82, 2.24) is 4.57 Å². The maximum atomic E-state index is 14.1. The number of fused-ring (bicyclic) bond motifs is 1. The van der Waals surface area contributed by atoms with E-state index in [0.29, 0.717) is 12.1 Å². The highest BCUT2D eigenvalue weighted by atomic mass is 19.2. The van der Waals surface area contributed by atoms with Crippen LogP contribution in [0.5, 0.6) is 0 Å². The Morgan fingerprint density at radius 1 is 1.48 bits per heavy atom. The van der Waals surface area contributed by atoms with Gasteiger partial charge in [-0.05, 0) is 25.3 Å². The summed E-state index contributed by atoms with van der Waals surface area (Å²) < 4.78 is 29.6. The highest BCUT2D eigenvalue weighted by Gasteiger charge is 2.32. The first-order valence-corrected chi connectivity index (χ1v) is 7.37. The summed E-state index contributed by atoms with van der Waals surface area (Å²) in [6.07, 6.45) is 3.08. The Kier molecular flexibility index (Phi) is 3.55. The van der Waals surface area contributed by atoms with Gasteiger partial charge in [-0.15, -0.1) is 0 Å². The van der Waals surface area contributed by atoms with Crippen molar-refractivity contribution in [3.05, 3.63) is 51.3 Å². The fraction of sp³-hybridized carbons (Fsp3) is 0.294. The van der Waals surface area contributed by atoms with E-state index in [1.54, 1.807) is 11.5 Å². The zero-order chi connectivity index (χ0) is 16.9. The average molecular weight is 319 g/mol. The van der Waals surface area contributed by atoms with Crippen LogP contribution in [0.15, 0.2) is 17.4 Å². The summed E-state index contributed by atoms with van der Waals surface area (Å²) in [6, 6.07) is 0.778. The number of carboxylic acids is 1. The van der Waals surface area contributed by atoms with E-state index in [0.717, 1.165) is 18.9 Å². The minimum Gasteiger partial charge on any atom is -0.477 e. The number of carboxylic acid groups (broad SMARTS) is 1. The summed E-state index contributed by atoms with van der Waals surface area (Å²) in [5.41, 5.74) is -0.688. The Hall–Kier alpha value is -2.50. The van der Waals surface area contributed by atoms with Gasteiger partial charge >= 0.3 is 5.97 Å². The molecule has 0 spiro atoms. The molecule has 1 saturated carbocycles. The van der Waals surface area contributed by atoms with Crippen LogP contribution in [0.3, 0.4) is 0 Å². The van der Waals surface area contributed by atoms with Gasteiger partial charge in [0.15, 0.2) is 11.6 Å². The zero-order valence-electron chi connectivity index (χ0n) is 12.5. The van der Waals surface area contributed by atoms with E-state index in [1.165, 1.54) is 6.08 Å². The SMILES string of the molecule is C=Cc1c(F)c(F)cc2c(=O)c(C(=O)O)c(CC)n(C3CC3)c12. The van der Waals surface area contributed by atoms with Crippen LogP contribution in [0.25, 0.3) is 17.0 Å². The zero-order valence-corrected chi connectivity index (χ0v) is 12.5. The van der Waals surface area contributed by atoms with Crippen LogP contribution in [0.2, 0.25) is 0 Å². The summed E-state index contributed by atoms with van der Waals surface area (Å²) in [4.78, 5) is 24.1. The molecule has 0 saturated heterocycles. The van der Waals surface area contributed by atoms with Gasteiger partial charge < -0.3 is 9.67 Å². The number of halogens is 2. The molecule has 3 rings (SSSR count). The Balaban J connectivity index is 2.64. The maximum absolute atomic E-state index is 14.1. The van der Waals surface area contributed by atoms with Crippen LogP contribution < -0.4 is 5.43 Å². The van der Waals surface area contributed by atoms with Crippen LogP contribution in [0, 0.1) is 11.6 Å². The number of hydrogen-bond acceptors (Lipinski definition) is 2. The fourth-order valence-electron chi connectivity index (χ4n) is 3.08. The van der Waals surface area contributed by atoms with Crippen LogP contribution in [-0.4, -0.2) is 15.6 Å². The van der Waals surface area contributed by atoms with Crippen molar-refractivity contribution >= 4 is 22.9 Å². The molecule has 0 amide bonds. The van der Waals surface area contributed by atoms with E-state index < -0.39 is 23.0 Å². The lowest BCUT2D eigenvalue weighted by molar-refractivity contribution is 0.0693. The lowest BCUT2D eigenvalue weighted by Gasteiger charge is -2.20. The molecule has 4 nitrogen and oxygen atoms in total. The largest absolute Gasteiger partial charge is 0.477 e. The van der Waals surface area contributed by atoms with Crippen LogP contribution in [0.1, 0.15) is 47.4 Å². The number of aromatic carboxylic acids is 1. The first kappa shape index (κ1) is 15.4. The minimum atomic E-state index is -1.35. The molecular weight excluding hydrogens is 304 g/mol. The van der Waals surface area contributed by atoms with Gasteiger partial charge in [0.2, 0.25) is 5.43 Å². The minimum absolute atomic E-state index is 0.00490. The third-order valence-electron chi connectivity index (χ3n) is 4.18. The van der Waals surface area contributed by atoms with Crippen molar-refractivity contribution in [2.75, 3.05) is 0 Å². The van der Waals surface area contributed by atoms with E-state index in [9.17, 15) is 23.5 Å². The number of rotatable bonds is 4. The number of aromatic nitrogens is 1. The number of hydrogen-bond donors (Lipinski definition) is 1. The lowest BCUT2D eigenvalue weighted by Crippen LogP contribution is -2.24. The number of pyridine rings is 1. The number of benzene rings is 1. The smallest absolute Gasteiger partial charge is 0.341 e. The summed E-state index contributed by atoms with van der Waals surface area (Å²) in [5, 5.41) is 9.29. The predicted octanol–water partition coefficient (Wildman–Crippen LogP) is 3.52. The number of nitrogens with zero attached hydrogens (tertiary/aromatic N) is 1. The van der Waals surface area contributed by atoms with Gasteiger partial charge in [0, 0.05) is 17.3 Å². The van der Waals surface area contributed by atoms with Crippen molar-refractivity contribution < 1.29 is 18.7 Å². The quantitative estimate of drug-likeness (QED) is 0.938. The molecule has 2 aromatic rings. The molecule has 120 valence electrons. The first-order valence-electron chi connectivity index (χ1n) is 7.37. The first-order chi connectivity index (χ1) is 10.9. The van der Waals surface area contributed by atoms with Crippen LogP contribution in [-0.2, 0) is 6.42 Å². The second kappa shape index (κ2) is 5.30. The van der Waals surface area contributed by atoms with E-state index in [4.69, 9.17) is 0 Å². The van der Waals surface area contributed by atoms with Crippen molar-refractivity contribution in [3.8, 4) is 0 Å². The molecule has 1 aliphatic carbocycles. The molecular formula is C17H15F2NO3. The highest BCUT2D eigenvalue weighted by Crippen LogP contribution is 2.40. The molecule has 23 heavy (non-hydrogen) atoms. The van der Waals surface area contributed by atoms with Crippen molar-refractivity contribution in [3.63, 3.8) is 0 Å². The predicted molar refractivity (Wildman–Crippen MR) is 82.8 cm³/mol. The van der Waals surface area contributed by atoms with Crippen LogP contribution >= 0.6 is 0 Å². The molecule has 0 atom stereocenters. The monoisotopic (exact) mass is 319 g/mol. The Morgan fingerprint density at radius 3 is 2.61 bits per heavy atom. The third kappa shape index (κ3) is 2.17. The average Bonchev–Trinajstić information content (AvgIpc) is 3.33. The van der Waals surface area contributed by atoms with Gasteiger partial charge in [-0.1, -0.05) is 19.6 Å². The molecule has 1 aromatic heterocycles. The van der Waals surface area contributed by atoms with Crippen molar-refractivity contribution in [2.45, 2.75) is 32.2 Å². The standard InChI is InChI=1S/C17H15F2NO3/c1-3-9-14(19)11(18)7-10-15(9)20(8-5-6-8)12(4-2)13(16(10)21)17(22)23/h3,7-8H,1,4-6H2,2H3,(H,22,23). The van der Waals surface area contributed by atoms with Gasteiger partial charge in [0.05, 0.1) is 10.9 Å². The molecule has 1 fully saturated rings. The Labute approximate surface area is 130 Å². The van der Waals surface area contributed by atoms with Crippen LogP contribution in [0.4, 0.5) is 8.78 Å². The maximum Gasteiger partial charge on any atom is 0.341 e. The molecule has 0 radical (unpaired) electrons. The summed E-state index contributed by atoms with van der Waals surface area (Å²) >= 11 is 0. The van der Waals surface area contributed by atoms with Gasteiger partial charge in [0.25, 0.3) is 0 Å². The lowest BCUT2D eigenvalue weighted by atomic mass is 10.0. The van der Waals surface area contributed by atoms with Gasteiger partial charge in [0.1, 0.15) is 5.56 Å². The topological polar surface area (TPSA) is 59.3 Å². The van der Waals surface area contributed by atoms with E-state index in [-0.39, 0.29) is 28.1 Å². The fourth-order valence-corrected chi connectivity index (χ4v) is 3.08. The molecule has 0 unspecified atom stereocenters. The molecule has 1 aliphatic rings. The summed E-state index contributed by atoms with van der Waals surface area (Å²) in [5.74, 6) is -3.62. The molecule has 1 N–H and O–H groups in total. The van der Waals surface area contributed by atoms with Crippen molar-refractivity contribution in [2.24, 2.45) is 0 Å². The van der Waals surface area contributed by atoms with Crippen molar-refractivity contribution in [1.29, 1.82) is 0 Å². The normalized spacial score (nSPS) is 14.2. The Morgan fingerprint density at radius 2 is 2.13 bits per heavy atom. The Bertz CT molecular complexity index is 911. The molecule has 1 heterocycles. The van der Waals surface area contributed by atoms with E-state index in [1.807, 2.05) is 0 Å². The second-order valence-corrected chi connectivity index (χ2v) is 5.60. The molecule has 0 bridgehead atoms. The summed E-state index contributed by atoms with van der Waals surface area (Å²) in [7, 11) is 0. The molecule has 1 aromatic carbocycles. The van der Waals surface area contributed by atoms with E-state index >= 15 is 0 Å². The molecule has 6 heteroatoms. The second-order valence-electron chi connectivity index (χ2n) is 5.60. The molecule has 0 aliphatic heterocycles. The van der Waals surface area contributed by atoms with Gasteiger partial charge in [-0.2, -0.15) is 0 Å². The number of carbonyl (C=O) groups is 1. The van der Waals surface area contributed by atoms with Gasteiger partial charge in [-0.25, -0.2) is 13.6 Å². The van der Waals surface area contributed by atoms with Gasteiger partial charge in [-0.3, -0.25) is 4.79 Å². The third-order valence-corrected chi connectivity index (χ3v) is 4.18. The van der Waals surface area contributed by atoms with E-state index in [2.05, 4.69) is 6.58 Å².